The Hall–Kier alpha value is -2.36. The van der Waals surface area contributed by atoms with E-state index in [1.807, 2.05) is 35.2 Å². The highest BCUT2D eigenvalue weighted by molar-refractivity contribution is 5.98. The average molecular weight is 326 g/mol. The van der Waals surface area contributed by atoms with Crippen LogP contribution in [0.2, 0.25) is 0 Å². The van der Waals surface area contributed by atoms with Gasteiger partial charge in [0, 0.05) is 43.6 Å². The van der Waals surface area contributed by atoms with E-state index in [9.17, 15) is 9.90 Å². The van der Waals surface area contributed by atoms with Gasteiger partial charge in [0.2, 0.25) is 0 Å². The lowest BCUT2D eigenvalue weighted by Crippen LogP contribution is -2.50. The van der Waals surface area contributed by atoms with Gasteiger partial charge in [-0.1, -0.05) is 18.2 Å². The number of nitrogens with zero attached hydrogens (tertiary/aromatic N) is 4. The predicted octanol–water partition coefficient (Wildman–Crippen LogP) is 1.30. The van der Waals surface area contributed by atoms with Crippen molar-refractivity contribution in [2.45, 2.75) is 19.6 Å². The maximum atomic E-state index is 12.9. The maximum absolute atomic E-state index is 12.9. The molecule has 1 saturated heterocycles. The number of fused-ring (bicyclic) bond motifs is 1. The fourth-order valence-electron chi connectivity index (χ4n) is 3.30. The summed E-state index contributed by atoms with van der Waals surface area (Å²) in [6, 6.07) is 11.8. The molecule has 24 heavy (non-hydrogen) atoms. The molecule has 6 nitrogen and oxygen atoms in total. The number of hydrogen-bond acceptors (Lipinski definition) is 4. The molecule has 2 heterocycles. The second kappa shape index (κ2) is 7.04. The minimum atomic E-state index is -0.356. The molecule has 1 aromatic carbocycles. The molecule has 1 fully saturated rings. The van der Waals surface area contributed by atoms with Crippen LogP contribution in [-0.4, -0.2) is 64.2 Å². The number of carbonyl (C=O) groups excluding carboxylic acids is 1. The molecular weight excluding hydrogens is 304 g/mol. The van der Waals surface area contributed by atoms with Crippen molar-refractivity contribution >= 4 is 16.8 Å². The summed E-state index contributed by atoms with van der Waals surface area (Å²) in [5.41, 5.74) is 1.48. The lowest BCUT2D eigenvalue weighted by molar-refractivity contribution is 0.0546. The number of hydrogen-bond donors (Lipinski definition) is 1. The third-order valence-electron chi connectivity index (χ3n) is 4.44. The lowest BCUT2D eigenvalue weighted by Gasteiger charge is -2.35. The Morgan fingerprint density at radius 2 is 2.00 bits per heavy atom. The van der Waals surface area contributed by atoms with E-state index in [2.05, 4.69) is 11.0 Å². The Bertz CT molecular complexity index is 767. The third kappa shape index (κ3) is 3.28. The molecule has 1 aromatic heterocycles. The van der Waals surface area contributed by atoms with E-state index in [0.717, 1.165) is 24.0 Å². The first-order chi connectivity index (χ1) is 11.6. The predicted molar refractivity (Wildman–Crippen MR) is 91.6 cm³/mol. The average Bonchev–Trinajstić information content (AvgIpc) is 2.94. The second-order valence-electron chi connectivity index (χ2n) is 6.27. The largest absolute Gasteiger partial charge is 0.392 e. The van der Waals surface area contributed by atoms with Gasteiger partial charge < -0.3 is 14.6 Å². The highest BCUT2D eigenvalue weighted by atomic mass is 16.3. The zero-order valence-corrected chi connectivity index (χ0v) is 13.9. The van der Waals surface area contributed by atoms with Crippen LogP contribution in [0.1, 0.15) is 17.4 Å². The van der Waals surface area contributed by atoms with Crippen LogP contribution in [-0.2, 0) is 6.54 Å². The SMILES string of the molecule is C[C@H](O)CN1CCN(C(=O)c2cc3ccccc3n2CC#N)CC1. The Morgan fingerprint density at radius 1 is 1.29 bits per heavy atom. The van der Waals surface area contributed by atoms with Crippen molar-refractivity contribution in [3.05, 3.63) is 36.0 Å². The zero-order valence-electron chi connectivity index (χ0n) is 13.9. The van der Waals surface area contributed by atoms with Crippen LogP contribution in [0.15, 0.2) is 30.3 Å². The van der Waals surface area contributed by atoms with Gasteiger partial charge in [-0.25, -0.2) is 0 Å². The summed E-state index contributed by atoms with van der Waals surface area (Å²) in [6.07, 6.45) is -0.356. The van der Waals surface area contributed by atoms with Gasteiger partial charge in [-0.15, -0.1) is 0 Å². The number of carbonyl (C=O) groups is 1. The summed E-state index contributed by atoms with van der Waals surface area (Å²) in [7, 11) is 0. The summed E-state index contributed by atoms with van der Waals surface area (Å²) in [6.45, 7) is 5.37. The Labute approximate surface area is 141 Å². The number of aliphatic hydroxyl groups is 1. The molecule has 126 valence electrons. The van der Waals surface area contributed by atoms with Crippen molar-refractivity contribution in [2.24, 2.45) is 0 Å². The molecule has 1 N–H and O–H groups in total. The first-order valence-electron chi connectivity index (χ1n) is 8.25. The summed E-state index contributed by atoms with van der Waals surface area (Å²) in [4.78, 5) is 16.9. The smallest absolute Gasteiger partial charge is 0.270 e. The van der Waals surface area contributed by atoms with Gasteiger partial charge in [0.05, 0.1) is 12.2 Å². The fraction of sp³-hybridized carbons (Fsp3) is 0.444. The van der Waals surface area contributed by atoms with Gasteiger partial charge in [-0.05, 0) is 19.1 Å². The van der Waals surface area contributed by atoms with Crippen LogP contribution >= 0.6 is 0 Å². The van der Waals surface area contributed by atoms with E-state index >= 15 is 0 Å². The molecule has 1 aliphatic heterocycles. The van der Waals surface area contributed by atoms with Crippen molar-refractivity contribution < 1.29 is 9.90 Å². The van der Waals surface area contributed by atoms with Gasteiger partial charge in [-0.2, -0.15) is 5.26 Å². The molecule has 3 rings (SSSR count). The number of aromatic nitrogens is 1. The number of rotatable bonds is 4. The van der Waals surface area contributed by atoms with Crippen LogP contribution in [0.4, 0.5) is 0 Å². The van der Waals surface area contributed by atoms with E-state index in [0.29, 0.717) is 25.3 Å². The van der Waals surface area contributed by atoms with E-state index < -0.39 is 0 Å². The van der Waals surface area contributed by atoms with Crippen LogP contribution in [0.25, 0.3) is 10.9 Å². The van der Waals surface area contributed by atoms with Crippen LogP contribution in [0.5, 0.6) is 0 Å². The summed E-state index contributed by atoms with van der Waals surface area (Å²) in [5, 5.41) is 19.6. The van der Waals surface area contributed by atoms with Gasteiger partial charge in [0.25, 0.3) is 5.91 Å². The Kier molecular flexibility index (Phi) is 4.84. The lowest BCUT2D eigenvalue weighted by atomic mass is 10.2. The molecule has 0 aliphatic carbocycles. The molecule has 1 atom stereocenters. The number of nitriles is 1. The second-order valence-corrected chi connectivity index (χ2v) is 6.27. The molecule has 0 unspecified atom stereocenters. The first kappa shape index (κ1) is 16.5. The number of amides is 1. The monoisotopic (exact) mass is 326 g/mol. The van der Waals surface area contributed by atoms with E-state index in [1.165, 1.54) is 0 Å². The molecule has 1 aliphatic rings. The molecule has 0 bridgehead atoms. The molecule has 0 spiro atoms. The summed E-state index contributed by atoms with van der Waals surface area (Å²) >= 11 is 0. The minimum absolute atomic E-state index is 0.0295. The van der Waals surface area contributed by atoms with E-state index in [1.54, 1.807) is 11.5 Å². The highest BCUT2D eigenvalue weighted by Gasteiger charge is 2.25. The van der Waals surface area contributed by atoms with Crippen molar-refractivity contribution in [2.75, 3.05) is 32.7 Å². The topological polar surface area (TPSA) is 72.5 Å². The zero-order chi connectivity index (χ0) is 17.1. The number of benzene rings is 1. The quantitative estimate of drug-likeness (QED) is 0.919. The van der Waals surface area contributed by atoms with E-state index in [-0.39, 0.29) is 18.6 Å². The van der Waals surface area contributed by atoms with Gasteiger partial charge in [0.1, 0.15) is 12.2 Å². The Balaban J connectivity index is 1.80. The molecular formula is C18H22N4O2. The molecule has 1 amide bonds. The molecule has 6 heteroatoms. The maximum Gasteiger partial charge on any atom is 0.270 e. The Morgan fingerprint density at radius 3 is 2.67 bits per heavy atom. The molecule has 2 aromatic rings. The number of aliphatic hydroxyl groups excluding tert-OH is 1. The van der Waals surface area contributed by atoms with Gasteiger partial charge >= 0.3 is 0 Å². The third-order valence-corrected chi connectivity index (χ3v) is 4.44. The van der Waals surface area contributed by atoms with Gasteiger partial charge in [0.15, 0.2) is 0 Å². The van der Waals surface area contributed by atoms with Gasteiger partial charge in [-0.3, -0.25) is 9.69 Å². The summed E-state index contributed by atoms with van der Waals surface area (Å²) < 4.78 is 1.79. The van der Waals surface area contributed by atoms with Crippen molar-refractivity contribution in [1.29, 1.82) is 5.26 Å². The minimum Gasteiger partial charge on any atom is -0.392 e. The van der Waals surface area contributed by atoms with Crippen molar-refractivity contribution in [3.8, 4) is 6.07 Å². The fourth-order valence-corrected chi connectivity index (χ4v) is 3.30. The van der Waals surface area contributed by atoms with Crippen molar-refractivity contribution in [3.63, 3.8) is 0 Å². The normalized spacial score (nSPS) is 17.0. The number of piperazine rings is 1. The molecule has 0 radical (unpaired) electrons. The van der Waals surface area contributed by atoms with Crippen LogP contribution in [0.3, 0.4) is 0 Å². The summed E-state index contributed by atoms with van der Waals surface area (Å²) in [5.74, 6) is -0.0295. The van der Waals surface area contributed by atoms with Crippen LogP contribution < -0.4 is 0 Å². The highest BCUT2D eigenvalue weighted by Crippen LogP contribution is 2.21. The first-order valence-corrected chi connectivity index (χ1v) is 8.25. The molecule has 0 saturated carbocycles. The number of para-hydroxylation sites is 1. The van der Waals surface area contributed by atoms with E-state index in [4.69, 9.17) is 5.26 Å². The van der Waals surface area contributed by atoms with Crippen LogP contribution in [0, 0.1) is 11.3 Å². The standard InChI is InChI=1S/C18H22N4O2/c1-14(23)13-20-8-10-21(11-9-20)18(24)17-12-15-4-2-3-5-16(15)22(17)7-6-19/h2-5,12,14,23H,7-11,13H2,1H3/t14-/m0/s1. The van der Waals surface area contributed by atoms with Crippen molar-refractivity contribution in [1.82, 2.24) is 14.4 Å². The number of β-amino-alcohol motifs (C(OH)–C–C–N with tert-alkyl or cyclic N) is 1.